The van der Waals surface area contributed by atoms with Gasteiger partial charge in [0.1, 0.15) is 12.1 Å². The largest absolute Gasteiger partial charge is 0.368 e. The van der Waals surface area contributed by atoms with Crippen molar-refractivity contribution in [3.05, 3.63) is 35.4 Å². The number of hydrogen-bond donors (Lipinski definition) is 3. The van der Waals surface area contributed by atoms with Crippen LogP contribution in [0, 0.1) is 0 Å². The van der Waals surface area contributed by atoms with Crippen molar-refractivity contribution >= 4 is 28.1 Å². The van der Waals surface area contributed by atoms with E-state index in [9.17, 15) is 18.0 Å². The van der Waals surface area contributed by atoms with E-state index in [1.807, 2.05) is 24.3 Å². The van der Waals surface area contributed by atoms with Crippen LogP contribution in [0.5, 0.6) is 0 Å². The lowest BCUT2D eigenvalue weighted by Crippen LogP contribution is -2.41. The van der Waals surface area contributed by atoms with Crippen LogP contribution in [-0.4, -0.2) is 57.9 Å². The van der Waals surface area contributed by atoms with Gasteiger partial charge in [-0.15, -0.1) is 0 Å². The zero-order valence-corrected chi connectivity index (χ0v) is 15.7. The summed E-state index contributed by atoms with van der Waals surface area (Å²) in [6.07, 6.45) is 2.04. The fourth-order valence-electron chi connectivity index (χ4n) is 2.73. The first-order valence-electron chi connectivity index (χ1n) is 8.36. The van der Waals surface area contributed by atoms with Gasteiger partial charge in [-0.3, -0.25) is 9.79 Å². The average Bonchev–Trinajstić information content (AvgIpc) is 3.07. The predicted octanol–water partition coefficient (Wildman–Crippen LogP) is -0.410. The molecule has 1 aromatic carbocycles. The van der Waals surface area contributed by atoms with Crippen LogP contribution in [0.1, 0.15) is 24.5 Å². The third kappa shape index (κ3) is 6.57. The van der Waals surface area contributed by atoms with Gasteiger partial charge in [0.2, 0.25) is 15.9 Å². The summed E-state index contributed by atoms with van der Waals surface area (Å²) >= 11 is 0. The zero-order valence-electron chi connectivity index (χ0n) is 14.9. The van der Waals surface area contributed by atoms with Crippen LogP contribution in [0.4, 0.5) is 0 Å². The molecular weight excluding hydrogens is 356 g/mol. The van der Waals surface area contributed by atoms with Crippen LogP contribution < -0.4 is 15.4 Å². The smallest absolute Gasteiger partial charge is 0.222 e. The fraction of sp³-hybridized carbons (Fsp3) is 0.471. The lowest BCUT2D eigenvalue weighted by atomic mass is 10.0. The second-order valence-electron chi connectivity index (χ2n) is 6.36. The molecule has 0 saturated carbocycles. The van der Waals surface area contributed by atoms with Crippen LogP contribution >= 0.6 is 0 Å². The maximum absolute atomic E-state index is 12.0. The monoisotopic (exact) mass is 380 g/mol. The molecule has 2 atom stereocenters. The van der Waals surface area contributed by atoms with Crippen molar-refractivity contribution < 1.29 is 18.0 Å². The van der Waals surface area contributed by atoms with Gasteiger partial charge in [-0.05, 0) is 18.9 Å². The number of amidine groups is 1. The Morgan fingerprint density at radius 1 is 1.35 bits per heavy atom. The number of carbonyl (C=O) groups excluding carboxylic acids is 2. The quantitative estimate of drug-likeness (QED) is 0.504. The summed E-state index contributed by atoms with van der Waals surface area (Å²) in [5.41, 5.74) is 1.89. The van der Waals surface area contributed by atoms with Crippen molar-refractivity contribution in [1.82, 2.24) is 15.4 Å². The van der Waals surface area contributed by atoms with Gasteiger partial charge >= 0.3 is 0 Å². The molecule has 1 aromatic rings. The molecule has 0 fully saturated rings. The predicted molar refractivity (Wildman–Crippen MR) is 99.6 cm³/mol. The molecule has 0 radical (unpaired) electrons. The zero-order chi connectivity index (χ0) is 19.2. The second-order valence-corrected chi connectivity index (χ2v) is 8.14. The number of nitrogens with zero attached hydrogens (tertiary/aromatic N) is 1. The number of amides is 1. The molecule has 0 aromatic heterocycles. The Hall–Kier alpha value is -2.26. The SMILES string of the molecule is CC(CC(=O)NC(C=O)Cc1ccc(C2=NCCN2)cc1)NS(C)(=O)=O. The van der Waals surface area contributed by atoms with Gasteiger partial charge in [0.05, 0.1) is 18.8 Å². The Morgan fingerprint density at radius 2 is 2.04 bits per heavy atom. The molecule has 1 amide bonds. The number of carbonyl (C=O) groups is 2. The number of aliphatic imine (C=N–C) groups is 1. The molecule has 0 bridgehead atoms. The van der Waals surface area contributed by atoms with E-state index < -0.39 is 22.1 Å². The first-order chi connectivity index (χ1) is 12.3. The Kier molecular flexibility index (Phi) is 6.87. The van der Waals surface area contributed by atoms with Crippen LogP contribution in [0.3, 0.4) is 0 Å². The van der Waals surface area contributed by atoms with E-state index in [1.54, 1.807) is 6.92 Å². The number of nitrogens with one attached hydrogen (secondary N) is 3. The standard InChI is InChI=1S/C17H24N4O4S/c1-12(21-26(2,24)25)9-16(23)20-15(11-22)10-13-3-5-14(6-4-13)17-18-7-8-19-17/h3-6,11-12,15,21H,7-10H2,1-2H3,(H,18,19)(H,20,23). The fourth-order valence-corrected chi connectivity index (χ4v) is 3.54. The number of aldehydes is 1. The maximum Gasteiger partial charge on any atom is 0.222 e. The van der Waals surface area contributed by atoms with Crippen molar-refractivity contribution in [3.8, 4) is 0 Å². The lowest BCUT2D eigenvalue weighted by molar-refractivity contribution is -0.124. The minimum Gasteiger partial charge on any atom is -0.368 e. The molecule has 2 rings (SSSR count). The Labute approximate surface area is 153 Å². The summed E-state index contributed by atoms with van der Waals surface area (Å²) in [4.78, 5) is 27.6. The van der Waals surface area contributed by atoms with Crippen molar-refractivity contribution in [2.75, 3.05) is 19.3 Å². The molecule has 1 aliphatic rings. The summed E-state index contributed by atoms with van der Waals surface area (Å²) < 4.78 is 24.6. The van der Waals surface area contributed by atoms with Gasteiger partial charge in [0, 0.05) is 24.6 Å². The minimum absolute atomic E-state index is 0.0398. The van der Waals surface area contributed by atoms with Gasteiger partial charge in [-0.1, -0.05) is 24.3 Å². The second kappa shape index (κ2) is 8.91. The highest BCUT2D eigenvalue weighted by molar-refractivity contribution is 7.88. The minimum atomic E-state index is -3.38. The molecule has 26 heavy (non-hydrogen) atoms. The average molecular weight is 380 g/mol. The van der Waals surface area contributed by atoms with E-state index in [4.69, 9.17) is 0 Å². The summed E-state index contributed by atoms with van der Waals surface area (Å²) in [6.45, 7) is 3.20. The first-order valence-corrected chi connectivity index (χ1v) is 10.3. The van der Waals surface area contributed by atoms with E-state index in [0.29, 0.717) is 12.7 Å². The first kappa shape index (κ1) is 20.1. The molecule has 1 aliphatic heterocycles. The van der Waals surface area contributed by atoms with Crippen LogP contribution in [0.25, 0.3) is 0 Å². The van der Waals surface area contributed by atoms with Gasteiger partial charge in [-0.2, -0.15) is 0 Å². The van der Waals surface area contributed by atoms with Crippen LogP contribution in [0.2, 0.25) is 0 Å². The molecule has 2 unspecified atom stereocenters. The Morgan fingerprint density at radius 3 is 2.58 bits per heavy atom. The molecular formula is C17H24N4O4S. The topological polar surface area (TPSA) is 117 Å². The van der Waals surface area contributed by atoms with E-state index in [2.05, 4.69) is 20.3 Å². The molecule has 1 heterocycles. The maximum atomic E-state index is 12.0. The molecule has 3 N–H and O–H groups in total. The van der Waals surface area contributed by atoms with Crippen molar-refractivity contribution in [2.45, 2.75) is 31.8 Å². The highest BCUT2D eigenvalue weighted by atomic mass is 32.2. The molecule has 142 valence electrons. The number of benzene rings is 1. The molecule has 0 spiro atoms. The lowest BCUT2D eigenvalue weighted by Gasteiger charge is -2.16. The molecule has 9 heteroatoms. The van der Waals surface area contributed by atoms with Crippen LogP contribution in [-0.2, 0) is 26.0 Å². The van der Waals surface area contributed by atoms with Crippen molar-refractivity contribution in [2.24, 2.45) is 4.99 Å². The van der Waals surface area contributed by atoms with Gasteiger partial charge in [0.15, 0.2) is 0 Å². The van der Waals surface area contributed by atoms with E-state index >= 15 is 0 Å². The third-order valence-corrected chi connectivity index (χ3v) is 4.61. The summed E-state index contributed by atoms with van der Waals surface area (Å²) in [5.74, 6) is 0.482. The van der Waals surface area contributed by atoms with Gasteiger partial charge in [0.25, 0.3) is 0 Å². The number of sulfonamides is 1. The summed E-state index contributed by atoms with van der Waals surface area (Å²) in [7, 11) is -3.38. The van der Waals surface area contributed by atoms with Gasteiger partial charge in [-0.25, -0.2) is 13.1 Å². The molecule has 0 aliphatic carbocycles. The summed E-state index contributed by atoms with van der Waals surface area (Å²) in [6, 6.07) is 6.43. The summed E-state index contributed by atoms with van der Waals surface area (Å²) in [5, 5.41) is 5.82. The Balaban J connectivity index is 1.88. The van der Waals surface area contributed by atoms with E-state index in [0.717, 1.165) is 36.3 Å². The van der Waals surface area contributed by atoms with Crippen molar-refractivity contribution in [1.29, 1.82) is 0 Å². The van der Waals surface area contributed by atoms with E-state index in [-0.39, 0.29) is 12.3 Å². The third-order valence-electron chi connectivity index (χ3n) is 3.77. The molecule has 8 nitrogen and oxygen atoms in total. The van der Waals surface area contributed by atoms with E-state index in [1.165, 1.54) is 0 Å². The number of rotatable bonds is 9. The highest BCUT2D eigenvalue weighted by Crippen LogP contribution is 2.09. The Bertz CT molecular complexity index is 774. The molecule has 0 saturated heterocycles. The normalized spacial score (nSPS) is 16.3. The van der Waals surface area contributed by atoms with Crippen LogP contribution in [0.15, 0.2) is 29.3 Å². The van der Waals surface area contributed by atoms with Gasteiger partial charge < -0.3 is 15.4 Å². The number of hydrogen-bond acceptors (Lipinski definition) is 6. The highest BCUT2D eigenvalue weighted by Gasteiger charge is 2.17. The van der Waals surface area contributed by atoms with Crippen molar-refractivity contribution in [3.63, 3.8) is 0 Å².